The summed E-state index contributed by atoms with van der Waals surface area (Å²) in [4.78, 5) is 17.4. The summed E-state index contributed by atoms with van der Waals surface area (Å²) in [7, 11) is 1.55. The highest BCUT2D eigenvalue weighted by molar-refractivity contribution is 5.80. The van der Waals surface area contributed by atoms with E-state index < -0.39 is 0 Å². The first-order chi connectivity index (χ1) is 10.6. The summed E-state index contributed by atoms with van der Waals surface area (Å²) in [5.41, 5.74) is 2.83. The van der Waals surface area contributed by atoms with Crippen LogP contribution in [-0.4, -0.2) is 25.5 Å². The molecule has 2 rings (SSSR count). The summed E-state index contributed by atoms with van der Waals surface area (Å²) >= 11 is 0. The van der Waals surface area contributed by atoms with Gasteiger partial charge in [0.1, 0.15) is 6.61 Å². The SMILES string of the molecule is C=Cc1cccc(-n2nnn(C)c2=O)c1CON=C(C)CC. The van der Waals surface area contributed by atoms with E-state index in [2.05, 4.69) is 22.2 Å². The molecule has 22 heavy (non-hydrogen) atoms. The molecule has 1 aromatic heterocycles. The Morgan fingerprint density at radius 3 is 2.82 bits per heavy atom. The van der Waals surface area contributed by atoms with Gasteiger partial charge in [-0.15, -0.1) is 0 Å². The van der Waals surface area contributed by atoms with Crippen LogP contribution >= 0.6 is 0 Å². The van der Waals surface area contributed by atoms with Crippen LogP contribution in [0.1, 0.15) is 31.4 Å². The normalized spacial score (nSPS) is 11.5. The standard InChI is InChI=1S/C15H19N5O2/c1-5-11(3)16-22-10-13-12(6-2)8-7-9-14(13)20-15(21)19(4)17-18-20/h6-9H,2,5,10H2,1,3-4H3. The van der Waals surface area contributed by atoms with Gasteiger partial charge in [-0.1, -0.05) is 36.9 Å². The molecule has 0 amide bonds. The van der Waals surface area contributed by atoms with Gasteiger partial charge in [-0.2, -0.15) is 9.36 Å². The van der Waals surface area contributed by atoms with Crippen molar-refractivity contribution in [2.45, 2.75) is 26.9 Å². The maximum Gasteiger partial charge on any atom is 0.368 e. The van der Waals surface area contributed by atoms with Crippen molar-refractivity contribution in [2.24, 2.45) is 12.2 Å². The highest BCUT2D eigenvalue weighted by Crippen LogP contribution is 2.19. The minimum Gasteiger partial charge on any atom is -0.391 e. The molecule has 0 N–H and O–H groups in total. The average Bonchev–Trinajstić information content (AvgIpc) is 2.86. The van der Waals surface area contributed by atoms with E-state index in [1.807, 2.05) is 26.0 Å². The Kier molecular flexibility index (Phi) is 4.88. The molecule has 0 bridgehead atoms. The summed E-state index contributed by atoms with van der Waals surface area (Å²) in [6, 6.07) is 5.52. The number of hydrogen-bond donors (Lipinski definition) is 0. The smallest absolute Gasteiger partial charge is 0.368 e. The molecule has 2 aromatic rings. The zero-order valence-corrected chi connectivity index (χ0v) is 13.0. The summed E-state index contributed by atoms with van der Waals surface area (Å²) < 4.78 is 2.41. The first-order valence-electron chi connectivity index (χ1n) is 6.97. The molecule has 0 spiro atoms. The summed E-state index contributed by atoms with van der Waals surface area (Å²) in [6.45, 7) is 7.91. The van der Waals surface area contributed by atoms with E-state index in [0.29, 0.717) is 5.69 Å². The predicted octanol–water partition coefficient (Wildman–Crippen LogP) is 1.91. The summed E-state index contributed by atoms with van der Waals surface area (Å²) in [6.07, 6.45) is 2.53. The second kappa shape index (κ2) is 6.84. The van der Waals surface area contributed by atoms with Crippen LogP contribution in [0.3, 0.4) is 0 Å². The van der Waals surface area contributed by atoms with Gasteiger partial charge in [-0.25, -0.2) is 4.79 Å². The van der Waals surface area contributed by atoms with E-state index >= 15 is 0 Å². The molecule has 0 unspecified atom stereocenters. The Morgan fingerprint density at radius 2 is 2.23 bits per heavy atom. The molecule has 7 heteroatoms. The molecular formula is C15H19N5O2. The van der Waals surface area contributed by atoms with Gasteiger partial charge in [-0.05, 0) is 35.4 Å². The molecule has 1 heterocycles. The van der Waals surface area contributed by atoms with Gasteiger partial charge in [0.2, 0.25) is 0 Å². The largest absolute Gasteiger partial charge is 0.391 e. The van der Waals surface area contributed by atoms with Crippen molar-refractivity contribution in [3.63, 3.8) is 0 Å². The molecule has 0 aliphatic carbocycles. The average molecular weight is 301 g/mol. The van der Waals surface area contributed by atoms with E-state index in [-0.39, 0.29) is 12.3 Å². The number of tetrazole rings is 1. The van der Waals surface area contributed by atoms with Crippen LogP contribution in [-0.2, 0) is 18.5 Å². The summed E-state index contributed by atoms with van der Waals surface area (Å²) in [5.74, 6) is 0. The number of rotatable bonds is 6. The lowest BCUT2D eigenvalue weighted by Gasteiger charge is -2.10. The van der Waals surface area contributed by atoms with Crippen molar-refractivity contribution in [1.29, 1.82) is 0 Å². The molecule has 0 aliphatic rings. The zero-order valence-electron chi connectivity index (χ0n) is 13.0. The third-order valence-electron chi connectivity index (χ3n) is 3.30. The van der Waals surface area contributed by atoms with Crippen molar-refractivity contribution in [3.05, 3.63) is 46.4 Å². The van der Waals surface area contributed by atoms with Gasteiger partial charge in [0, 0.05) is 12.6 Å². The maximum absolute atomic E-state index is 12.1. The monoisotopic (exact) mass is 301 g/mol. The van der Waals surface area contributed by atoms with Gasteiger partial charge in [0.25, 0.3) is 0 Å². The lowest BCUT2D eigenvalue weighted by atomic mass is 10.1. The van der Waals surface area contributed by atoms with Gasteiger partial charge in [0.05, 0.1) is 11.4 Å². The number of oxime groups is 1. The van der Waals surface area contributed by atoms with Gasteiger partial charge in [-0.3, -0.25) is 0 Å². The van der Waals surface area contributed by atoms with Crippen molar-refractivity contribution in [2.75, 3.05) is 0 Å². The molecule has 0 atom stereocenters. The molecule has 0 radical (unpaired) electrons. The second-order valence-electron chi connectivity index (χ2n) is 4.80. The molecule has 7 nitrogen and oxygen atoms in total. The molecule has 0 aliphatic heterocycles. The highest BCUT2D eigenvalue weighted by atomic mass is 16.6. The molecule has 0 saturated heterocycles. The van der Waals surface area contributed by atoms with E-state index in [0.717, 1.165) is 23.3 Å². The Bertz CT molecular complexity index is 758. The number of benzene rings is 1. The third kappa shape index (κ3) is 3.13. The van der Waals surface area contributed by atoms with Gasteiger partial charge in [0.15, 0.2) is 0 Å². The summed E-state index contributed by atoms with van der Waals surface area (Å²) in [5, 5.41) is 11.6. The van der Waals surface area contributed by atoms with E-state index in [1.54, 1.807) is 19.2 Å². The fourth-order valence-electron chi connectivity index (χ4n) is 1.88. The van der Waals surface area contributed by atoms with E-state index in [1.165, 1.54) is 9.36 Å². The second-order valence-corrected chi connectivity index (χ2v) is 4.80. The topological polar surface area (TPSA) is 74.3 Å². The van der Waals surface area contributed by atoms with Crippen molar-refractivity contribution in [1.82, 2.24) is 19.8 Å². The Hall–Kier alpha value is -2.70. The maximum atomic E-state index is 12.1. The number of aryl methyl sites for hydroxylation is 1. The fourth-order valence-corrected chi connectivity index (χ4v) is 1.88. The predicted molar refractivity (Wildman–Crippen MR) is 84.9 cm³/mol. The number of aromatic nitrogens is 4. The van der Waals surface area contributed by atoms with E-state index in [9.17, 15) is 4.79 Å². The fraction of sp³-hybridized carbons (Fsp3) is 0.333. The first kappa shape index (κ1) is 15.7. The Balaban J connectivity index is 2.44. The first-order valence-corrected chi connectivity index (χ1v) is 6.97. The van der Waals surface area contributed by atoms with Crippen molar-refractivity contribution < 1.29 is 4.84 Å². The molecule has 1 aromatic carbocycles. The number of hydrogen-bond acceptors (Lipinski definition) is 5. The minimum absolute atomic E-state index is 0.220. The van der Waals surface area contributed by atoms with Gasteiger partial charge < -0.3 is 4.84 Å². The molecule has 0 fully saturated rings. The van der Waals surface area contributed by atoms with Crippen LogP contribution in [0, 0.1) is 0 Å². The van der Waals surface area contributed by atoms with Crippen LogP contribution < -0.4 is 5.69 Å². The van der Waals surface area contributed by atoms with Crippen LogP contribution in [0.2, 0.25) is 0 Å². The van der Waals surface area contributed by atoms with Crippen molar-refractivity contribution in [3.8, 4) is 5.69 Å². The number of nitrogens with zero attached hydrogens (tertiary/aromatic N) is 5. The molecular weight excluding hydrogens is 282 g/mol. The minimum atomic E-state index is -0.323. The van der Waals surface area contributed by atoms with Crippen LogP contribution in [0.4, 0.5) is 0 Å². The van der Waals surface area contributed by atoms with E-state index in [4.69, 9.17) is 4.84 Å². The highest BCUT2D eigenvalue weighted by Gasteiger charge is 2.13. The molecule has 116 valence electrons. The van der Waals surface area contributed by atoms with Crippen LogP contribution in [0.15, 0.2) is 34.7 Å². The molecule has 0 saturated carbocycles. The lowest BCUT2D eigenvalue weighted by Crippen LogP contribution is -2.23. The van der Waals surface area contributed by atoms with Gasteiger partial charge >= 0.3 is 5.69 Å². The quantitative estimate of drug-likeness (QED) is 0.603. The van der Waals surface area contributed by atoms with Crippen LogP contribution in [0.5, 0.6) is 0 Å². The zero-order chi connectivity index (χ0) is 16.1. The Morgan fingerprint density at radius 1 is 1.45 bits per heavy atom. The third-order valence-corrected chi connectivity index (χ3v) is 3.30. The van der Waals surface area contributed by atoms with Crippen molar-refractivity contribution >= 4 is 11.8 Å². The van der Waals surface area contributed by atoms with Crippen LogP contribution in [0.25, 0.3) is 11.8 Å². The lowest BCUT2D eigenvalue weighted by molar-refractivity contribution is 0.129. The Labute approximate surface area is 128 Å².